The fourth-order valence-electron chi connectivity index (χ4n) is 1.22. The summed E-state index contributed by atoms with van der Waals surface area (Å²) in [6.45, 7) is 1.37. The van der Waals surface area contributed by atoms with Crippen molar-refractivity contribution in [3.05, 3.63) is 0 Å². The maximum Gasteiger partial charge on any atom is 0.211 e. The molecule has 0 N–H and O–H groups in total. The largest absolute Gasteiger partial charge is 0.213 e. The van der Waals surface area contributed by atoms with Crippen molar-refractivity contribution < 1.29 is 8.42 Å². The summed E-state index contributed by atoms with van der Waals surface area (Å²) >= 11 is 3.35. The molecule has 0 aliphatic carbocycles. The summed E-state index contributed by atoms with van der Waals surface area (Å²) in [6.07, 6.45) is 2.25. The highest BCUT2D eigenvalue weighted by Gasteiger charge is 2.27. The first-order chi connectivity index (χ1) is 5.04. The summed E-state index contributed by atoms with van der Waals surface area (Å²) in [5.74, 6) is 0.504. The lowest BCUT2D eigenvalue weighted by molar-refractivity contribution is 0.471. The number of rotatable bonds is 2. The van der Waals surface area contributed by atoms with Crippen LogP contribution in [0.4, 0.5) is 0 Å². The maximum atomic E-state index is 11.0. The van der Waals surface area contributed by atoms with Gasteiger partial charge >= 0.3 is 0 Å². The van der Waals surface area contributed by atoms with E-state index in [1.807, 2.05) is 0 Å². The lowest BCUT2D eigenvalue weighted by Crippen LogP contribution is -2.27. The Hall–Kier alpha value is 0.390. The maximum absolute atomic E-state index is 11.0. The van der Waals surface area contributed by atoms with Gasteiger partial charge in [-0.05, 0) is 12.3 Å². The lowest BCUT2D eigenvalue weighted by Gasteiger charge is -2.11. The van der Waals surface area contributed by atoms with E-state index in [2.05, 4.69) is 15.9 Å². The van der Waals surface area contributed by atoms with Crippen LogP contribution in [0.5, 0.6) is 0 Å². The topological polar surface area (TPSA) is 37.4 Å². The van der Waals surface area contributed by atoms with Crippen molar-refractivity contribution in [3.63, 3.8) is 0 Å². The Kier molecular flexibility index (Phi) is 2.94. The Bertz CT molecular complexity index is 227. The summed E-state index contributed by atoms with van der Waals surface area (Å²) in [7, 11) is -2.93. The smallest absolute Gasteiger partial charge is 0.211 e. The fourth-order valence-corrected chi connectivity index (χ4v) is 2.67. The minimum absolute atomic E-state index is 0.504. The summed E-state index contributed by atoms with van der Waals surface area (Å²) in [4.78, 5) is 0. The third-order valence-corrected chi connectivity index (χ3v) is 4.12. The molecule has 0 amide bonds. The first kappa shape index (κ1) is 9.48. The van der Waals surface area contributed by atoms with Crippen molar-refractivity contribution in [2.24, 2.45) is 5.92 Å². The van der Waals surface area contributed by atoms with Crippen LogP contribution in [0.15, 0.2) is 0 Å². The Morgan fingerprint density at radius 2 is 2.27 bits per heavy atom. The quantitative estimate of drug-likeness (QED) is 0.667. The second kappa shape index (κ2) is 3.41. The third-order valence-electron chi connectivity index (χ3n) is 1.94. The monoisotopic (exact) mass is 241 g/mol. The second-order valence-corrected chi connectivity index (χ2v) is 5.56. The molecular formula is C6H12BrNO2S. The molecular weight excluding hydrogens is 230 g/mol. The van der Waals surface area contributed by atoms with Gasteiger partial charge in [-0.15, -0.1) is 0 Å². The normalized spacial score (nSPS) is 27.6. The Morgan fingerprint density at radius 1 is 1.64 bits per heavy atom. The summed E-state index contributed by atoms with van der Waals surface area (Å²) in [5, 5.41) is 0.902. The Labute approximate surface area is 75.9 Å². The van der Waals surface area contributed by atoms with E-state index in [1.54, 1.807) is 4.31 Å². The van der Waals surface area contributed by atoms with Gasteiger partial charge in [0.05, 0.1) is 6.26 Å². The summed E-state index contributed by atoms with van der Waals surface area (Å²) in [5.41, 5.74) is 0. The predicted octanol–water partition coefficient (Wildman–Crippen LogP) is 0.663. The lowest BCUT2D eigenvalue weighted by atomic mass is 10.2. The van der Waals surface area contributed by atoms with Gasteiger partial charge in [0.15, 0.2) is 0 Å². The highest BCUT2D eigenvalue weighted by Crippen LogP contribution is 2.19. The van der Waals surface area contributed by atoms with Gasteiger partial charge < -0.3 is 0 Å². The van der Waals surface area contributed by atoms with Crippen LogP contribution in [-0.2, 0) is 10.0 Å². The van der Waals surface area contributed by atoms with Crippen molar-refractivity contribution in [1.82, 2.24) is 4.31 Å². The number of hydrogen-bond acceptors (Lipinski definition) is 2. The molecule has 0 aromatic heterocycles. The molecule has 5 heteroatoms. The van der Waals surface area contributed by atoms with E-state index in [1.165, 1.54) is 6.26 Å². The number of hydrogen-bond donors (Lipinski definition) is 0. The molecule has 0 saturated carbocycles. The van der Waals surface area contributed by atoms with Crippen LogP contribution in [0, 0.1) is 5.92 Å². The molecule has 1 rings (SSSR count). The van der Waals surface area contributed by atoms with E-state index in [0.29, 0.717) is 19.0 Å². The minimum atomic E-state index is -2.93. The van der Waals surface area contributed by atoms with Crippen LogP contribution in [0.1, 0.15) is 6.42 Å². The van der Waals surface area contributed by atoms with Crippen molar-refractivity contribution in [3.8, 4) is 0 Å². The number of halogens is 1. The number of nitrogens with zero attached hydrogens (tertiary/aromatic N) is 1. The summed E-state index contributed by atoms with van der Waals surface area (Å²) in [6, 6.07) is 0. The zero-order valence-electron chi connectivity index (χ0n) is 6.46. The van der Waals surface area contributed by atoms with Crippen LogP contribution in [0.2, 0.25) is 0 Å². The highest BCUT2D eigenvalue weighted by atomic mass is 79.9. The van der Waals surface area contributed by atoms with Crippen molar-refractivity contribution in [1.29, 1.82) is 0 Å². The van der Waals surface area contributed by atoms with Gasteiger partial charge in [-0.1, -0.05) is 15.9 Å². The van der Waals surface area contributed by atoms with Crippen LogP contribution in [-0.4, -0.2) is 37.4 Å². The molecule has 0 aromatic rings. The van der Waals surface area contributed by atoms with Crippen LogP contribution < -0.4 is 0 Å². The van der Waals surface area contributed by atoms with E-state index in [9.17, 15) is 8.42 Å². The third kappa shape index (κ3) is 2.42. The molecule has 11 heavy (non-hydrogen) atoms. The first-order valence-corrected chi connectivity index (χ1v) is 6.52. The van der Waals surface area contributed by atoms with Crippen molar-refractivity contribution >= 4 is 26.0 Å². The standard InChI is InChI=1S/C6H12BrNO2S/c1-11(9,10)8-3-2-6(4-7)5-8/h6H,2-5H2,1H3. The zero-order valence-corrected chi connectivity index (χ0v) is 8.86. The van der Waals surface area contributed by atoms with Gasteiger partial charge in [0.1, 0.15) is 0 Å². The van der Waals surface area contributed by atoms with Crippen molar-refractivity contribution in [2.75, 3.05) is 24.7 Å². The number of alkyl halides is 1. The van der Waals surface area contributed by atoms with E-state index in [-0.39, 0.29) is 0 Å². The van der Waals surface area contributed by atoms with Gasteiger partial charge in [-0.25, -0.2) is 12.7 Å². The summed E-state index contributed by atoms with van der Waals surface area (Å²) < 4.78 is 23.6. The Morgan fingerprint density at radius 3 is 2.55 bits per heavy atom. The molecule has 1 atom stereocenters. The van der Waals surface area contributed by atoms with Crippen LogP contribution in [0.25, 0.3) is 0 Å². The minimum Gasteiger partial charge on any atom is -0.213 e. The van der Waals surface area contributed by atoms with Gasteiger partial charge in [-0.2, -0.15) is 0 Å². The Balaban J connectivity index is 2.55. The van der Waals surface area contributed by atoms with E-state index in [4.69, 9.17) is 0 Å². The predicted molar refractivity (Wildman–Crippen MR) is 48.3 cm³/mol. The van der Waals surface area contributed by atoms with Gasteiger partial charge in [0, 0.05) is 18.4 Å². The molecule has 1 saturated heterocycles. The SMILES string of the molecule is CS(=O)(=O)N1CCC(CBr)C1. The molecule has 66 valence electrons. The second-order valence-electron chi connectivity index (χ2n) is 2.93. The fraction of sp³-hybridized carbons (Fsp3) is 1.00. The molecule has 1 fully saturated rings. The molecule has 1 unspecified atom stereocenters. The molecule has 0 radical (unpaired) electrons. The molecule has 0 spiro atoms. The average molecular weight is 242 g/mol. The molecule has 1 aliphatic rings. The van der Waals surface area contributed by atoms with E-state index >= 15 is 0 Å². The van der Waals surface area contributed by atoms with Gasteiger partial charge in [0.25, 0.3) is 0 Å². The molecule has 1 aliphatic heterocycles. The first-order valence-electron chi connectivity index (χ1n) is 3.55. The van der Waals surface area contributed by atoms with Gasteiger partial charge in [0.2, 0.25) is 10.0 Å². The van der Waals surface area contributed by atoms with Gasteiger partial charge in [-0.3, -0.25) is 0 Å². The van der Waals surface area contributed by atoms with E-state index < -0.39 is 10.0 Å². The van der Waals surface area contributed by atoms with Crippen LogP contribution in [0.3, 0.4) is 0 Å². The zero-order chi connectivity index (χ0) is 8.48. The molecule has 0 bridgehead atoms. The van der Waals surface area contributed by atoms with Crippen molar-refractivity contribution in [2.45, 2.75) is 6.42 Å². The highest BCUT2D eigenvalue weighted by molar-refractivity contribution is 9.09. The van der Waals surface area contributed by atoms with Crippen LogP contribution >= 0.6 is 15.9 Å². The number of sulfonamides is 1. The molecule has 1 heterocycles. The van der Waals surface area contributed by atoms with E-state index in [0.717, 1.165) is 11.8 Å². The molecule has 3 nitrogen and oxygen atoms in total. The molecule has 0 aromatic carbocycles. The average Bonchev–Trinajstić information content (AvgIpc) is 2.32.